The Hall–Kier alpha value is -1.46. The lowest BCUT2D eigenvalue weighted by Gasteiger charge is -2.27. The molecule has 2 atom stereocenters. The van der Waals surface area contributed by atoms with Crippen molar-refractivity contribution in [3.63, 3.8) is 0 Å². The summed E-state index contributed by atoms with van der Waals surface area (Å²) in [5.41, 5.74) is 1.44. The summed E-state index contributed by atoms with van der Waals surface area (Å²) >= 11 is 7.51. The highest BCUT2D eigenvalue weighted by atomic mass is 35.5. The third-order valence-corrected chi connectivity index (χ3v) is 5.11. The van der Waals surface area contributed by atoms with Gasteiger partial charge in [-0.3, -0.25) is 5.01 Å². The van der Waals surface area contributed by atoms with Gasteiger partial charge in [0.05, 0.1) is 11.7 Å². The third kappa shape index (κ3) is 1.42. The van der Waals surface area contributed by atoms with E-state index in [4.69, 9.17) is 16.3 Å². The van der Waals surface area contributed by atoms with Crippen molar-refractivity contribution in [2.24, 2.45) is 5.10 Å². The number of halogens is 1. The van der Waals surface area contributed by atoms with Crippen LogP contribution in [0, 0.1) is 0 Å². The summed E-state index contributed by atoms with van der Waals surface area (Å²) in [5, 5.41) is 9.04. The number of nitrogens with zero attached hydrogens (tertiary/aromatic N) is 2. The molecular weight excluding hydrogens is 284 g/mol. The molecule has 0 amide bonds. The predicted octanol–water partition coefficient (Wildman–Crippen LogP) is 2.44. The van der Waals surface area contributed by atoms with Crippen LogP contribution in [0.25, 0.3) is 0 Å². The van der Waals surface area contributed by atoms with Gasteiger partial charge in [0, 0.05) is 5.02 Å². The molecule has 3 aliphatic rings. The molecule has 0 radical (unpaired) electrons. The number of thioether (sulfide) groups is 1. The van der Waals surface area contributed by atoms with Crippen LogP contribution in [0.5, 0.6) is 0 Å². The minimum absolute atomic E-state index is 0.0279. The number of anilines is 1. The number of carbonyl (C=O) groups excluding carboxylic acids is 1. The van der Waals surface area contributed by atoms with Crippen LogP contribution < -0.4 is 5.01 Å². The fraction of sp³-hybridized carbons (Fsp3) is 0.231. The van der Waals surface area contributed by atoms with Gasteiger partial charge in [-0.1, -0.05) is 17.7 Å². The second kappa shape index (κ2) is 3.77. The Balaban J connectivity index is 1.80. The van der Waals surface area contributed by atoms with E-state index in [1.165, 1.54) is 0 Å². The first-order valence-electron chi connectivity index (χ1n) is 5.86. The number of hydrogen-bond acceptors (Lipinski definition) is 5. The molecule has 0 N–H and O–H groups in total. The molecule has 4 nitrogen and oxygen atoms in total. The molecule has 0 bridgehead atoms. The zero-order valence-corrected chi connectivity index (χ0v) is 11.3. The number of ether oxygens (including phenoxy) is 1. The van der Waals surface area contributed by atoms with E-state index in [2.05, 4.69) is 11.2 Å². The summed E-state index contributed by atoms with van der Waals surface area (Å²) in [7, 11) is 0. The number of esters is 1. The van der Waals surface area contributed by atoms with E-state index in [0.29, 0.717) is 17.3 Å². The highest BCUT2D eigenvalue weighted by Gasteiger charge is 2.60. The molecule has 19 heavy (non-hydrogen) atoms. The van der Waals surface area contributed by atoms with Gasteiger partial charge in [0.15, 0.2) is 5.71 Å². The second-order valence-electron chi connectivity index (χ2n) is 4.63. The van der Waals surface area contributed by atoms with E-state index in [1.807, 2.05) is 34.7 Å². The molecule has 6 heteroatoms. The summed E-state index contributed by atoms with van der Waals surface area (Å²) < 4.78 is 4.79. The molecule has 0 unspecified atom stereocenters. The summed E-state index contributed by atoms with van der Waals surface area (Å²) in [6.45, 7) is 0.386. The Morgan fingerprint density at radius 1 is 1.42 bits per heavy atom. The first-order valence-corrected chi connectivity index (χ1v) is 7.12. The number of hydrazone groups is 1. The predicted molar refractivity (Wildman–Crippen MR) is 75.6 cm³/mol. The first-order chi connectivity index (χ1) is 9.21. The van der Waals surface area contributed by atoms with E-state index in [0.717, 1.165) is 5.69 Å². The van der Waals surface area contributed by atoms with Crippen molar-refractivity contribution in [2.75, 3.05) is 11.6 Å². The molecule has 1 spiro atoms. The van der Waals surface area contributed by atoms with Crippen LogP contribution in [-0.4, -0.2) is 29.1 Å². The Labute approximate surface area is 119 Å². The standard InChI is InChI=1S/C13H9ClN2O2S/c14-8-1-3-9(4-2-8)16-10-5-6-19-13(10)7-18-12(17)11(13)15-16/h1-6,10H,7H2/t10-,13+/m1/s1. The largest absolute Gasteiger partial charge is 0.459 e. The molecule has 0 aromatic heterocycles. The van der Waals surface area contributed by atoms with Gasteiger partial charge >= 0.3 is 5.97 Å². The normalized spacial score (nSPS) is 31.2. The molecule has 1 saturated heterocycles. The summed E-state index contributed by atoms with van der Waals surface area (Å²) in [6, 6.07) is 7.48. The molecule has 0 aliphatic carbocycles. The zero-order chi connectivity index (χ0) is 13.0. The lowest BCUT2D eigenvalue weighted by molar-refractivity contribution is -0.133. The van der Waals surface area contributed by atoms with Gasteiger partial charge in [-0.25, -0.2) is 4.79 Å². The number of cyclic esters (lactones) is 1. The number of benzene rings is 1. The quantitative estimate of drug-likeness (QED) is 0.746. The van der Waals surface area contributed by atoms with Crippen molar-refractivity contribution in [2.45, 2.75) is 10.8 Å². The van der Waals surface area contributed by atoms with Gasteiger partial charge in [-0.15, -0.1) is 11.8 Å². The second-order valence-corrected chi connectivity index (χ2v) is 6.30. The average molecular weight is 293 g/mol. The average Bonchev–Trinajstić information content (AvgIpc) is 3.02. The van der Waals surface area contributed by atoms with Crippen LogP contribution in [0.4, 0.5) is 5.69 Å². The Morgan fingerprint density at radius 3 is 3.00 bits per heavy atom. The van der Waals surface area contributed by atoms with Crippen LogP contribution in [0.2, 0.25) is 5.02 Å². The number of hydrogen-bond donors (Lipinski definition) is 0. The topological polar surface area (TPSA) is 41.9 Å². The van der Waals surface area contributed by atoms with Gasteiger partial charge in [-0.05, 0) is 29.7 Å². The molecule has 1 aromatic rings. The monoisotopic (exact) mass is 292 g/mol. The third-order valence-electron chi connectivity index (χ3n) is 3.59. The van der Waals surface area contributed by atoms with Crippen molar-refractivity contribution in [1.82, 2.24) is 0 Å². The summed E-state index contributed by atoms with van der Waals surface area (Å²) in [5.74, 6) is -0.308. The number of rotatable bonds is 1. The van der Waals surface area contributed by atoms with Crippen molar-refractivity contribution in [3.05, 3.63) is 40.8 Å². The summed E-state index contributed by atoms with van der Waals surface area (Å²) in [4.78, 5) is 11.8. The first kappa shape index (κ1) is 11.4. The minimum atomic E-state index is -0.364. The molecule has 3 heterocycles. The van der Waals surface area contributed by atoms with Crippen molar-refractivity contribution >= 4 is 40.7 Å². The number of carbonyl (C=O) groups is 1. The highest BCUT2D eigenvalue weighted by molar-refractivity contribution is 8.04. The van der Waals surface area contributed by atoms with Crippen LogP contribution in [0.15, 0.2) is 40.9 Å². The van der Waals surface area contributed by atoms with Crippen LogP contribution in [0.3, 0.4) is 0 Å². The Kier molecular flexibility index (Phi) is 2.26. The Bertz CT molecular complexity index is 628. The van der Waals surface area contributed by atoms with Crippen LogP contribution >= 0.6 is 23.4 Å². The lowest BCUT2D eigenvalue weighted by atomic mass is 9.97. The van der Waals surface area contributed by atoms with Gasteiger partial charge < -0.3 is 4.74 Å². The maximum Gasteiger partial charge on any atom is 0.356 e. The molecule has 3 aliphatic heterocycles. The molecule has 4 rings (SSSR count). The molecule has 0 saturated carbocycles. The zero-order valence-electron chi connectivity index (χ0n) is 9.75. The van der Waals surface area contributed by atoms with Gasteiger partial charge in [0.25, 0.3) is 0 Å². The molecule has 1 aromatic carbocycles. The van der Waals surface area contributed by atoms with Crippen LogP contribution in [0.1, 0.15) is 0 Å². The van der Waals surface area contributed by atoms with Crippen molar-refractivity contribution in [1.29, 1.82) is 0 Å². The van der Waals surface area contributed by atoms with E-state index >= 15 is 0 Å². The SMILES string of the molecule is O=C1OC[C@]23SC=C[C@H]2N(c2ccc(Cl)cc2)N=C13. The van der Waals surface area contributed by atoms with Crippen LogP contribution in [-0.2, 0) is 9.53 Å². The van der Waals surface area contributed by atoms with E-state index in [-0.39, 0.29) is 16.8 Å². The van der Waals surface area contributed by atoms with Crippen molar-refractivity contribution in [3.8, 4) is 0 Å². The van der Waals surface area contributed by atoms with E-state index in [9.17, 15) is 4.79 Å². The maximum atomic E-state index is 11.8. The highest BCUT2D eigenvalue weighted by Crippen LogP contribution is 2.49. The molecule has 96 valence electrons. The van der Waals surface area contributed by atoms with Gasteiger partial charge in [-0.2, -0.15) is 5.10 Å². The summed E-state index contributed by atoms with van der Waals surface area (Å²) in [6.07, 6.45) is 2.07. The fourth-order valence-electron chi connectivity index (χ4n) is 2.64. The smallest absolute Gasteiger partial charge is 0.356 e. The molecular formula is C13H9ClN2O2S. The van der Waals surface area contributed by atoms with Gasteiger partial charge in [0.1, 0.15) is 11.4 Å². The minimum Gasteiger partial charge on any atom is -0.459 e. The lowest BCUT2D eigenvalue weighted by Crippen LogP contribution is -2.44. The van der Waals surface area contributed by atoms with E-state index < -0.39 is 0 Å². The molecule has 1 fully saturated rings. The fourth-order valence-corrected chi connectivity index (χ4v) is 3.92. The Morgan fingerprint density at radius 2 is 2.21 bits per heavy atom. The van der Waals surface area contributed by atoms with E-state index in [1.54, 1.807) is 11.8 Å². The van der Waals surface area contributed by atoms with Crippen molar-refractivity contribution < 1.29 is 9.53 Å². The maximum absolute atomic E-state index is 11.8. The van der Waals surface area contributed by atoms with Gasteiger partial charge in [0.2, 0.25) is 0 Å².